The van der Waals surface area contributed by atoms with Crippen LogP contribution in [0, 0.1) is 4.64 Å². The van der Waals surface area contributed by atoms with Crippen LogP contribution in [0.1, 0.15) is 23.2 Å². The summed E-state index contributed by atoms with van der Waals surface area (Å²) in [5.41, 5.74) is 1.63. The van der Waals surface area contributed by atoms with Gasteiger partial charge in [0.2, 0.25) is 5.91 Å². The number of pyridine rings is 1. The summed E-state index contributed by atoms with van der Waals surface area (Å²) in [6.07, 6.45) is 3.01. The Morgan fingerprint density at radius 3 is 2.88 bits per heavy atom. The molecule has 2 amide bonds. The number of benzene rings is 1. The van der Waals surface area contributed by atoms with Gasteiger partial charge in [-0.15, -0.1) is 0 Å². The molecule has 0 radical (unpaired) electrons. The van der Waals surface area contributed by atoms with E-state index in [-0.39, 0.29) is 11.8 Å². The van der Waals surface area contributed by atoms with Crippen LogP contribution in [0.5, 0.6) is 5.75 Å². The Balaban J connectivity index is 1.89. The van der Waals surface area contributed by atoms with Crippen LogP contribution in [-0.4, -0.2) is 30.5 Å². The molecule has 1 aliphatic heterocycles. The second-order valence-electron chi connectivity index (χ2n) is 5.40. The average Bonchev–Trinajstić information content (AvgIpc) is 3.01. The Morgan fingerprint density at radius 2 is 2.21 bits per heavy atom. The van der Waals surface area contributed by atoms with E-state index in [2.05, 4.69) is 10.3 Å². The molecule has 2 aromatic rings. The van der Waals surface area contributed by atoms with Crippen molar-refractivity contribution in [2.75, 3.05) is 23.9 Å². The van der Waals surface area contributed by atoms with Crippen molar-refractivity contribution in [1.82, 2.24) is 4.98 Å². The first-order valence-corrected chi connectivity index (χ1v) is 7.98. The summed E-state index contributed by atoms with van der Waals surface area (Å²) < 4.78 is 5.72. The van der Waals surface area contributed by atoms with Gasteiger partial charge >= 0.3 is 0 Å². The van der Waals surface area contributed by atoms with Gasteiger partial charge in [-0.05, 0) is 36.8 Å². The van der Waals surface area contributed by atoms with E-state index in [4.69, 9.17) is 17.0 Å². The van der Waals surface area contributed by atoms with E-state index in [0.29, 0.717) is 40.3 Å². The van der Waals surface area contributed by atoms with Crippen molar-refractivity contribution in [3.8, 4) is 5.75 Å². The van der Waals surface area contributed by atoms with Gasteiger partial charge < -0.3 is 19.9 Å². The van der Waals surface area contributed by atoms with E-state index in [1.807, 2.05) is 0 Å². The van der Waals surface area contributed by atoms with Crippen LogP contribution in [0.2, 0.25) is 0 Å². The second-order valence-corrected chi connectivity index (χ2v) is 5.81. The maximum Gasteiger partial charge on any atom is 0.258 e. The highest BCUT2D eigenvalue weighted by atomic mass is 32.1. The number of amides is 2. The summed E-state index contributed by atoms with van der Waals surface area (Å²) in [6.45, 7) is 0.649. The number of ether oxygens (including phenoxy) is 1. The van der Waals surface area contributed by atoms with Gasteiger partial charge in [0.1, 0.15) is 10.4 Å². The fourth-order valence-corrected chi connectivity index (χ4v) is 2.91. The average molecular weight is 343 g/mol. The van der Waals surface area contributed by atoms with Crippen LogP contribution in [-0.2, 0) is 4.79 Å². The molecule has 0 unspecified atom stereocenters. The summed E-state index contributed by atoms with van der Waals surface area (Å²) in [6, 6.07) is 8.59. The molecule has 1 aromatic carbocycles. The summed E-state index contributed by atoms with van der Waals surface area (Å²) in [4.78, 5) is 28.9. The zero-order chi connectivity index (χ0) is 17.1. The van der Waals surface area contributed by atoms with E-state index in [9.17, 15) is 9.59 Å². The van der Waals surface area contributed by atoms with Crippen LogP contribution in [0.4, 0.5) is 11.4 Å². The number of carbonyl (C=O) groups is 2. The molecule has 0 bridgehead atoms. The minimum absolute atomic E-state index is 0.0577. The van der Waals surface area contributed by atoms with Gasteiger partial charge in [0.25, 0.3) is 5.91 Å². The minimum Gasteiger partial charge on any atom is -0.495 e. The van der Waals surface area contributed by atoms with E-state index in [1.54, 1.807) is 48.5 Å². The first kappa shape index (κ1) is 16.2. The number of H-pyrrole nitrogens is 1. The molecule has 0 spiro atoms. The fourth-order valence-electron chi connectivity index (χ4n) is 2.68. The van der Waals surface area contributed by atoms with Gasteiger partial charge in [-0.3, -0.25) is 9.59 Å². The van der Waals surface area contributed by atoms with Crippen molar-refractivity contribution in [1.29, 1.82) is 0 Å². The highest BCUT2D eigenvalue weighted by Crippen LogP contribution is 2.34. The summed E-state index contributed by atoms with van der Waals surface area (Å²) in [5, 5.41) is 2.81. The number of nitrogens with one attached hydrogen (secondary N) is 2. The Morgan fingerprint density at radius 1 is 1.38 bits per heavy atom. The van der Waals surface area contributed by atoms with Gasteiger partial charge in [0.15, 0.2) is 0 Å². The Bertz CT molecular complexity index is 847. The first-order valence-electron chi connectivity index (χ1n) is 7.57. The number of hydrogen-bond acceptors (Lipinski definition) is 4. The third kappa shape index (κ3) is 3.16. The molecule has 3 rings (SSSR count). The van der Waals surface area contributed by atoms with Gasteiger partial charge in [-0.2, -0.15) is 0 Å². The topological polar surface area (TPSA) is 74.4 Å². The van der Waals surface area contributed by atoms with Crippen molar-refractivity contribution in [2.45, 2.75) is 12.8 Å². The lowest BCUT2D eigenvalue weighted by atomic mass is 10.2. The molecule has 0 atom stereocenters. The third-order valence-electron chi connectivity index (χ3n) is 3.86. The van der Waals surface area contributed by atoms with E-state index < -0.39 is 0 Å². The molecule has 2 heterocycles. The number of methoxy groups -OCH3 is 1. The molecular weight excluding hydrogens is 326 g/mol. The number of aromatic amines is 1. The monoisotopic (exact) mass is 343 g/mol. The number of anilines is 2. The molecule has 1 saturated heterocycles. The maximum atomic E-state index is 12.4. The molecule has 0 saturated carbocycles. The van der Waals surface area contributed by atoms with Crippen molar-refractivity contribution >= 4 is 35.4 Å². The predicted octanol–water partition coefficient (Wildman–Crippen LogP) is 3.13. The van der Waals surface area contributed by atoms with Crippen LogP contribution < -0.4 is 15.0 Å². The molecule has 1 fully saturated rings. The maximum absolute atomic E-state index is 12.4. The SMILES string of the molecule is COc1ccc(NC(=O)c2ccc[nH]c2=S)cc1N1CCCC1=O. The molecule has 24 heavy (non-hydrogen) atoms. The molecule has 6 nitrogen and oxygen atoms in total. The third-order valence-corrected chi connectivity index (χ3v) is 4.20. The highest BCUT2D eigenvalue weighted by Gasteiger charge is 2.25. The summed E-state index contributed by atoms with van der Waals surface area (Å²) in [7, 11) is 1.56. The van der Waals surface area contributed by atoms with Gasteiger partial charge in [0, 0.05) is 24.8 Å². The number of hydrogen-bond donors (Lipinski definition) is 2. The Hall–Kier alpha value is -2.67. The Kier molecular flexibility index (Phi) is 4.61. The Labute approximate surface area is 144 Å². The smallest absolute Gasteiger partial charge is 0.258 e. The molecule has 7 heteroatoms. The fraction of sp³-hybridized carbons (Fsp3) is 0.235. The van der Waals surface area contributed by atoms with E-state index in [1.165, 1.54) is 0 Å². The predicted molar refractivity (Wildman–Crippen MR) is 94.2 cm³/mol. The van der Waals surface area contributed by atoms with Gasteiger partial charge in [-0.1, -0.05) is 12.2 Å². The number of carbonyl (C=O) groups excluding carboxylic acids is 2. The second kappa shape index (κ2) is 6.84. The normalized spacial score (nSPS) is 13.9. The van der Waals surface area contributed by atoms with Crippen LogP contribution in [0.15, 0.2) is 36.5 Å². The molecule has 124 valence electrons. The van der Waals surface area contributed by atoms with E-state index >= 15 is 0 Å². The largest absolute Gasteiger partial charge is 0.495 e. The molecule has 1 aliphatic rings. The lowest BCUT2D eigenvalue weighted by Gasteiger charge is -2.20. The molecule has 0 aliphatic carbocycles. The zero-order valence-corrected chi connectivity index (χ0v) is 14.0. The van der Waals surface area contributed by atoms with Crippen LogP contribution >= 0.6 is 12.2 Å². The standard InChI is InChI=1S/C17H17N3O3S/c1-23-14-7-6-11(10-13(14)20-9-3-5-15(20)21)19-16(22)12-4-2-8-18-17(12)24/h2,4,6-8,10H,3,5,9H2,1H3,(H,18,24)(H,19,22). The molecule has 1 aromatic heterocycles. The molecule has 2 N–H and O–H groups in total. The van der Waals surface area contributed by atoms with E-state index in [0.717, 1.165) is 6.42 Å². The minimum atomic E-state index is -0.305. The summed E-state index contributed by atoms with van der Waals surface area (Å²) in [5.74, 6) is 0.350. The highest BCUT2D eigenvalue weighted by molar-refractivity contribution is 7.71. The van der Waals surface area contributed by atoms with Crippen molar-refractivity contribution in [2.24, 2.45) is 0 Å². The van der Waals surface area contributed by atoms with Crippen molar-refractivity contribution in [3.63, 3.8) is 0 Å². The van der Waals surface area contributed by atoms with Crippen LogP contribution in [0.3, 0.4) is 0 Å². The van der Waals surface area contributed by atoms with Crippen molar-refractivity contribution in [3.05, 3.63) is 46.7 Å². The first-order chi connectivity index (χ1) is 11.6. The van der Waals surface area contributed by atoms with Gasteiger partial charge in [0.05, 0.1) is 18.4 Å². The number of aromatic nitrogens is 1. The van der Waals surface area contributed by atoms with Crippen molar-refractivity contribution < 1.29 is 14.3 Å². The number of rotatable bonds is 4. The van der Waals surface area contributed by atoms with Gasteiger partial charge in [-0.25, -0.2) is 0 Å². The lowest BCUT2D eigenvalue weighted by Crippen LogP contribution is -2.24. The lowest BCUT2D eigenvalue weighted by molar-refractivity contribution is -0.117. The summed E-state index contributed by atoms with van der Waals surface area (Å²) >= 11 is 5.12. The van der Waals surface area contributed by atoms with Crippen LogP contribution in [0.25, 0.3) is 0 Å². The zero-order valence-electron chi connectivity index (χ0n) is 13.2. The number of nitrogens with zero attached hydrogens (tertiary/aromatic N) is 1. The molecular formula is C17H17N3O3S. The quantitative estimate of drug-likeness (QED) is 0.837.